The van der Waals surface area contributed by atoms with E-state index in [1.54, 1.807) is 12.1 Å². The zero-order chi connectivity index (χ0) is 20.5. The van der Waals surface area contributed by atoms with Gasteiger partial charge in [0.25, 0.3) is 0 Å². The van der Waals surface area contributed by atoms with Gasteiger partial charge in [-0.15, -0.1) is 0 Å². The highest BCUT2D eigenvalue weighted by molar-refractivity contribution is 7.89. The molecule has 1 amide bonds. The number of carbonyl (C=O) groups is 1. The Kier molecular flexibility index (Phi) is 6.12. The third kappa shape index (κ3) is 4.24. The highest BCUT2D eigenvalue weighted by Crippen LogP contribution is 2.28. The Morgan fingerprint density at radius 2 is 1.89 bits per heavy atom. The maximum Gasteiger partial charge on any atom is 0.243 e. The first-order chi connectivity index (χ1) is 13.2. The summed E-state index contributed by atoms with van der Waals surface area (Å²) in [6.07, 6.45) is 1.31. The van der Waals surface area contributed by atoms with Crippen molar-refractivity contribution in [2.24, 2.45) is 5.92 Å². The minimum Gasteiger partial charge on any atom is -0.326 e. The summed E-state index contributed by atoms with van der Waals surface area (Å²) in [6.45, 7) is 6.36. The van der Waals surface area contributed by atoms with Gasteiger partial charge in [-0.2, -0.15) is 4.31 Å². The lowest BCUT2D eigenvalue weighted by Gasteiger charge is -2.31. The number of amides is 1. The van der Waals surface area contributed by atoms with E-state index < -0.39 is 10.0 Å². The summed E-state index contributed by atoms with van der Waals surface area (Å²) in [7, 11) is -3.69. The molecule has 2 aromatic rings. The summed E-state index contributed by atoms with van der Waals surface area (Å²) >= 11 is 6.11. The second-order valence-electron chi connectivity index (χ2n) is 7.35. The van der Waals surface area contributed by atoms with Crippen LogP contribution in [0.1, 0.15) is 29.5 Å². The largest absolute Gasteiger partial charge is 0.326 e. The zero-order valence-corrected chi connectivity index (χ0v) is 17.9. The normalized spacial score (nSPS) is 18.1. The number of benzene rings is 2. The number of hydrogen-bond donors (Lipinski definition) is 1. The number of carbonyl (C=O) groups excluding carboxylic acids is 1. The molecule has 0 spiro atoms. The maximum atomic E-state index is 13.0. The number of nitrogens with one attached hydrogen (secondary N) is 1. The van der Waals surface area contributed by atoms with Gasteiger partial charge in [-0.3, -0.25) is 4.79 Å². The molecule has 3 rings (SSSR count). The number of aryl methyl sites for hydroxylation is 2. The van der Waals surface area contributed by atoms with Crippen molar-refractivity contribution < 1.29 is 13.2 Å². The lowest BCUT2D eigenvalue weighted by atomic mass is 9.98. The van der Waals surface area contributed by atoms with Gasteiger partial charge >= 0.3 is 0 Å². The Balaban J connectivity index is 1.76. The van der Waals surface area contributed by atoms with Gasteiger partial charge < -0.3 is 5.32 Å². The molecule has 2 aromatic carbocycles. The highest BCUT2D eigenvalue weighted by Gasteiger charge is 2.33. The molecule has 7 heteroatoms. The van der Waals surface area contributed by atoms with E-state index in [9.17, 15) is 13.2 Å². The van der Waals surface area contributed by atoms with Crippen LogP contribution in [-0.4, -0.2) is 31.7 Å². The van der Waals surface area contributed by atoms with Gasteiger partial charge in [0.2, 0.25) is 15.9 Å². The molecule has 0 radical (unpaired) electrons. The van der Waals surface area contributed by atoms with Gasteiger partial charge in [-0.25, -0.2) is 8.42 Å². The van der Waals surface area contributed by atoms with Crippen molar-refractivity contribution in [3.63, 3.8) is 0 Å². The third-order valence-corrected chi connectivity index (χ3v) is 7.67. The van der Waals surface area contributed by atoms with E-state index in [-0.39, 0.29) is 23.3 Å². The lowest BCUT2D eigenvalue weighted by Crippen LogP contribution is -2.43. The fraction of sp³-hybridized carbons (Fsp3) is 0.381. The van der Waals surface area contributed by atoms with Crippen LogP contribution in [0.2, 0.25) is 5.02 Å². The molecule has 150 valence electrons. The predicted octanol–water partition coefficient (Wildman–Crippen LogP) is 4.30. The van der Waals surface area contributed by atoms with Crippen molar-refractivity contribution >= 4 is 33.2 Å². The summed E-state index contributed by atoms with van der Waals surface area (Å²) in [5.74, 6) is -0.528. The maximum absolute atomic E-state index is 13.0. The van der Waals surface area contributed by atoms with Gasteiger partial charge in [0, 0.05) is 23.8 Å². The molecule has 1 fully saturated rings. The van der Waals surface area contributed by atoms with Crippen LogP contribution in [0, 0.1) is 26.7 Å². The molecule has 0 aromatic heterocycles. The summed E-state index contributed by atoms with van der Waals surface area (Å²) in [5.41, 5.74) is 3.72. The standard InChI is InChI=1S/C21H25ClN2O3S/c1-14-6-4-8-20(16(14)3)23-21(25)17-7-5-11-24(13-17)28(26,27)18-10-9-15(2)19(22)12-18/h4,6,8-10,12,17H,5,7,11,13H2,1-3H3,(H,23,25). The molecule has 1 heterocycles. The fourth-order valence-corrected chi connectivity index (χ4v) is 5.17. The third-order valence-electron chi connectivity index (χ3n) is 5.40. The molecular weight excluding hydrogens is 396 g/mol. The first-order valence-corrected chi connectivity index (χ1v) is 11.2. The van der Waals surface area contributed by atoms with Crippen molar-refractivity contribution in [2.45, 2.75) is 38.5 Å². The van der Waals surface area contributed by atoms with Crippen LogP contribution in [0.25, 0.3) is 0 Å². The van der Waals surface area contributed by atoms with Crippen LogP contribution >= 0.6 is 11.6 Å². The van der Waals surface area contributed by atoms with E-state index in [0.717, 1.165) is 22.4 Å². The summed E-state index contributed by atoms with van der Waals surface area (Å²) in [5, 5.41) is 3.39. The quantitative estimate of drug-likeness (QED) is 0.801. The first-order valence-electron chi connectivity index (χ1n) is 9.33. The van der Waals surface area contributed by atoms with Crippen LogP contribution in [0.5, 0.6) is 0 Å². The van der Waals surface area contributed by atoms with E-state index in [1.165, 1.54) is 10.4 Å². The number of halogens is 1. The summed E-state index contributed by atoms with van der Waals surface area (Å²) in [4.78, 5) is 13.0. The fourth-order valence-electron chi connectivity index (χ4n) is 3.38. The van der Waals surface area contributed by atoms with Gasteiger partial charge in [0.05, 0.1) is 10.8 Å². The Morgan fingerprint density at radius 1 is 1.14 bits per heavy atom. The topological polar surface area (TPSA) is 66.5 Å². The van der Waals surface area contributed by atoms with Gasteiger partial charge in [0.1, 0.15) is 0 Å². The van der Waals surface area contributed by atoms with E-state index in [4.69, 9.17) is 11.6 Å². The van der Waals surface area contributed by atoms with E-state index in [2.05, 4.69) is 5.32 Å². The molecule has 0 saturated carbocycles. The minimum absolute atomic E-state index is 0.143. The van der Waals surface area contributed by atoms with Gasteiger partial charge in [-0.05, 0) is 68.5 Å². The average molecular weight is 421 g/mol. The summed E-state index contributed by atoms with van der Waals surface area (Å²) < 4.78 is 27.4. The van der Waals surface area contributed by atoms with Crippen LogP contribution < -0.4 is 5.32 Å². The van der Waals surface area contributed by atoms with E-state index in [1.807, 2.05) is 39.0 Å². The number of hydrogen-bond acceptors (Lipinski definition) is 3. The average Bonchev–Trinajstić information content (AvgIpc) is 2.67. The molecule has 1 aliphatic heterocycles. The zero-order valence-electron chi connectivity index (χ0n) is 16.3. The number of piperidine rings is 1. The number of anilines is 1. The number of sulfonamides is 1. The van der Waals surface area contributed by atoms with E-state index in [0.29, 0.717) is 24.4 Å². The van der Waals surface area contributed by atoms with Crippen molar-refractivity contribution in [2.75, 3.05) is 18.4 Å². The molecular formula is C21H25ClN2O3S. The SMILES string of the molecule is Cc1ccc(S(=O)(=O)N2CCCC(C(=O)Nc3cccc(C)c3C)C2)cc1Cl. The Hall–Kier alpha value is -1.89. The minimum atomic E-state index is -3.69. The molecule has 0 bridgehead atoms. The van der Waals surface area contributed by atoms with Crippen molar-refractivity contribution in [3.8, 4) is 0 Å². The predicted molar refractivity (Wildman–Crippen MR) is 112 cm³/mol. The second-order valence-corrected chi connectivity index (χ2v) is 9.70. The van der Waals surface area contributed by atoms with Gasteiger partial charge in [-0.1, -0.05) is 29.8 Å². The molecule has 5 nitrogen and oxygen atoms in total. The molecule has 0 aliphatic carbocycles. The smallest absolute Gasteiger partial charge is 0.243 e. The molecule has 1 aliphatic rings. The van der Waals surface area contributed by atoms with Crippen molar-refractivity contribution in [1.82, 2.24) is 4.31 Å². The van der Waals surface area contributed by atoms with Crippen LogP contribution in [-0.2, 0) is 14.8 Å². The molecule has 1 atom stereocenters. The Bertz CT molecular complexity index is 1000. The van der Waals surface area contributed by atoms with Gasteiger partial charge in [0.15, 0.2) is 0 Å². The summed E-state index contributed by atoms with van der Waals surface area (Å²) in [6, 6.07) is 10.5. The highest BCUT2D eigenvalue weighted by atomic mass is 35.5. The van der Waals surface area contributed by atoms with Crippen LogP contribution in [0.4, 0.5) is 5.69 Å². The van der Waals surface area contributed by atoms with Crippen molar-refractivity contribution in [3.05, 3.63) is 58.1 Å². The molecule has 1 N–H and O–H groups in total. The number of rotatable bonds is 4. The Labute approximate surface area is 171 Å². The lowest BCUT2D eigenvalue weighted by molar-refractivity contribution is -0.120. The number of nitrogens with zero attached hydrogens (tertiary/aromatic N) is 1. The van der Waals surface area contributed by atoms with Crippen molar-refractivity contribution in [1.29, 1.82) is 0 Å². The molecule has 28 heavy (non-hydrogen) atoms. The van der Waals surface area contributed by atoms with Crippen LogP contribution in [0.3, 0.4) is 0 Å². The first kappa shape index (κ1) is 20.8. The Morgan fingerprint density at radius 3 is 2.61 bits per heavy atom. The van der Waals surface area contributed by atoms with E-state index >= 15 is 0 Å². The molecule has 1 unspecified atom stereocenters. The molecule has 1 saturated heterocycles. The monoisotopic (exact) mass is 420 g/mol. The van der Waals surface area contributed by atoms with Crippen LogP contribution in [0.15, 0.2) is 41.3 Å². The second kappa shape index (κ2) is 8.23.